The second-order valence-electron chi connectivity index (χ2n) is 5.43. The highest BCUT2D eigenvalue weighted by Crippen LogP contribution is 2.20. The highest BCUT2D eigenvalue weighted by atomic mass is 35.5. The van der Waals surface area contributed by atoms with Crippen LogP contribution in [-0.2, 0) is 16.4 Å². The third-order valence-corrected chi connectivity index (χ3v) is 4.68. The lowest BCUT2D eigenvalue weighted by Crippen LogP contribution is -2.29. The van der Waals surface area contributed by atoms with Crippen molar-refractivity contribution in [2.75, 3.05) is 7.05 Å². The molecule has 0 bridgehead atoms. The third kappa shape index (κ3) is 5.03. The molecule has 2 rings (SSSR count). The first-order valence-electron chi connectivity index (χ1n) is 7.03. The molecule has 1 unspecified atom stereocenters. The maximum atomic E-state index is 12.1. The molecule has 2 aromatic heterocycles. The zero-order valence-corrected chi connectivity index (χ0v) is 15.1. The summed E-state index contributed by atoms with van der Waals surface area (Å²) in [6.45, 7) is 5.53. The van der Waals surface area contributed by atoms with Crippen LogP contribution in [0.3, 0.4) is 0 Å². The van der Waals surface area contributed by atoms with Crippen molar-refractivity contribution in [2.24, 2.45) is 0 Å². The van der Waals surface area contributed by atoms with Crippen molar-refractivity contribution in [2.45, 2.75) is 44.2 Å². The molecule has 10 heteroatoms. The van der Waals surface area contributed by atoms with Crippen molar-refractivity contribution in [3.05, 3.63) is 18.1 Å². The van der Waals surface area contributed by atoms with Gasteiger partial charge in [-0.2, -0.15) is 4.98 Å². The Hall–Kier alpha value is -1.42. The van der Waals surface area contributed by atoms with E-state index in [-0.39, 0.29) is 35.3 Å². The van der Waals surface area contributed by atoms with E-state index in [1.54, 1.807) is 13.8 Å². The molecule has 8 nitrogen and oxygen atoms in total. The van der Waals surface area contributed by atoms with Crippen molar-refractivity contribution in [3.8, 4) is 11.6 Å². The Kier molecular flexibility index (Phi) is 6.75. The smallest absolute Gasteiger partial charge is 0.274 e. The molecule has 0 aromatic carbocycles. The molecule has 0 fully saturated rings. The van der Waals surface area contributed by atoms with E-state index in [9.17, 15) is 8.42 Å². The molecule has 0 aliphatic carbocycles. The molecule has 2 aromatic rings. The highest BCUT2D eigenvalue weighted by molar-refractivity contribution is 7.89. The van der Waals surface area contributed by atoms with Gasteiger partial charge in [0, 0.05) is 24.7 Å². The van der Waals surface area contributed by atoms with Crippen LogP contribution in [0, 0.1) is 0 Å². The molecule has 1 atom stereocenters. The largest absolute Gasteiger partial charge is 0.356 e. The number of hydrogen-bond donors (Lipinski definition) is 3. The molecular weight excluding hydrogens is 342 g/mol. The van der Waals surface area contributed by atoms with Crippen molar-refractivity contribution in [1.82, 2.24) is 25.2 Å². The molecule has 23 heavy (non-hydrogen) atoms. The highest BCUT2D eigenvalue weighted by Gasteiger charge is 2.19. The minimum absolute atomic E-state index is 0. The first kappa shape index (κ1) is 19.6. The van der Waals surface area contributed by atoms with E-state index in [2.05, 4.69) is 25.2 Å². The van der Waals surface area contributed by atoms with Gasteiger partial charge < -0.3 is 14.8 Å². The molecule has 0 spiro atoms. The van der Waals surface area contributed by atoms with Crippen LogP contribution in [0.2, 0.25) is 0 Å². The monoisotopic (exact) mass is 363 g/mol. The van der Waals surface area contributed by atoms with Gasteiger partial charge in [0.1, 0.15) is 10.6 Å². The molecule has 0 aliphatic heterocycles. The second kappa shape index (κ2) is 7.91. The number of nitrogens with zero attached hydrogens (tertiary/aromatic N) is 2. The number of hydrogen-bond acceptors (Lipinski definition) is 6. The van der Waals surface area contributed by atoms with Crippen molar-refractivity contribution >= 4 is 22.4 Å². The van der Waals surface area contributed by atoms with E-state index < -0.39 is 10.0 Å². The van der Waals surface area contributed by atoms with E-state index in [1.165, 1.54) is 12.3 Å². The first-order chi connectivity index (χ1) is 10.3. The summed E-state index contributed by atoms with van der Waals surface area (Å²) in [6.07, 6.45) is 2.03. The van der Waals surface area contributed by atoms with Gasteiger partial charge in [0.2, 0.25) is 10.0 Å². The second-order valence-corrected chi connectivity index (χ2v) is 7.15. The van der Waals surface area contributed by atoms with E-state index in [1.807, 2.05) is 14.0 Å². The number of nitrogens with one attached hydrogen (secondary N) is 3. The average molecular weight is 364 g/mol. The molecule has 0 amide bonds. The summed E-state index contributed by atoms with van der Waals surface area (Å²) in [5, 5.41) is 6.98. The van der Waals surface area contributed by atoms with Gasteiger partial charge in [0.15, 0.2) is 5.82 Å². The van der Waals surface area contributed by atoms with Crippen LogP contribution < -0.4 is 10.0 Å². The van der Waals surface area contributed by atoms with E-state index in [0.29, 0.717) is 17.9 Å². The van der Waals surface area contributed by atoms with Gasteiger partial charge in [-0.3, -0.25) is 0 Å². The summed E-state index contributed by atoms with van der Waals surface area (Å²) in [7, 11) is -1.69. The van der Waals surface area contributed by atoms with Crippen LogP contribution >= 0.6 is 12.4 Å². The van der Waals surface area contributed by atoms with Gasteiger partial charge in [0.05, 0.1) is 0 Å². The Morgan fingerprint density at radius 2 is 2.04 bits per heavy atom. The van der Waals surface area contributed by atoms with Gasteiger partial charge in [-0.05, 0) is 33.9 Å². The van der Waals surface area contributed by atoms with Crippen LogP contribution in [0.25, 0.3) is 11.6 Å². The third-order valence-electron chi connectivity index (χ3n) is 3.04. The summed E-state index contributed by atoms with van der Waals surface area (Å²) < 4.78 is 31.8. The van der Waals surface area contributed by atoms with Gasteiger partial charge in [-0.15, -0.1) is 12.4 Å². The normalized spacial score (nSPS) is 13.1. The van der Waals surface area contributed by atoms with Crippen LogP contribution in [-0.4, -0.2) is 42.7 Å². The van der Waals surface area contributed by atoms with Gasteiger partial charge >= 0.3 is 0 Å². The molecule has 0 aliphatic rings. The zero-order valence-electron chi connectivity index (χ0n) is 13.5. The number of halogens is 1. The minimum atomic E-state index is -3.54. The lowest BCUT2D eigenvalue weighted by Gasteiger charge is -2.06. The SMILES string of the molecule is CNC(C)Cc1noc(-c2cc(S(=O)(=O)NC(C)C)c[nH]2)n1.Cl. The Morgan fingerprint density at radius 1 is 1.35 bits per heavy atom. The Labute approximate surface area is 141 Å². The predicted octanol–water partition coefficient (Wildman–Crippen LogP) is 1.32. The van der Waals surface area contributed by atoms with Crippen molar-refractivity contribution < 1.29 is 12.9 Å². The van der Waals surface area contributed by atoms with E-state index in [0.717, 1.165) is 0 Å². The Morgan fingerprint density at radius 3 is 2.65 bits per heavy atom. The molecular formula is C13H22ClN5O3S. The fraction of sp³-hybridized carbons (Fsp3) is 0.538. The molecule has 0 saturated heterocycles. The summed E-state index contributed by atoms with van der Waals surface area (Å²) in [5.74, 6) is 0.834. The van der Waals surface area contributed by atoms with Crippen LogP contribution in [0.4, 0.5) is 0 Å². The van der Waals surface area contributed by atoms with Crippen LogP contribution in [0.1, 0.15) is 26.6 Å². The lowest BCUT2D eigenvalue weighted by atomic mass is 10.2. The molecule has 0 saturated carbocycles. The van der Waals surface area contributed by atoms with Crippen LogP contribution in [0.15, 0.2) is 21.7 Å². The molecule has 2 heterocycles. The van der Waals surface area contributed by atoms with Crippen LogP contribution in [0.5, 0.6) is 0 Å². The number of sulfonamides is 1. The summed E-state index contributed by atoms with van der Waals surface area (Å²) in [4.78, 5) is 7.25. The number of rotatable bonds is 7. The van der Waals surface area contributed by atoms with Crippen molar-refractivity contribution in [3.63, 3.8) is 0 Å². The predicted molar refractivity (Wildman–Crippen MR) is 89.0 cm³/mol. The standard InChI is InChI=1S/C13H21N5O3S.ClH/c1-8(2)18-22(19,20)10-6-11(15-7-10)13-16-12(17-21-13)5-9(3)14-4;/h6-9,14-15,18H,5H2,1-4H3;1H. The Bertz CT molecular complexity index is 726. The van der Waals surface area contributed by atoms with Gasteiger partial charge in [-0.1, -0.05) is 5.16 Å². The number of likely N-dealkylation sites (N-methyl/N-ethyl adjacent to an activating group) is 1. The molecule has 3 N–H and O–H groups in total. The first-order valence-corrected chi connectivity index (χ1v) is 8.51. The fourth-order valence-electron chi connectivity index (χ4n) is 1.85. The summed E-state index contributed by atoms with van der Waals surface area (Å²) >= 11 is 0. The summed E-state index contributed by atoms with van der Waals surface area (Å²) in [6, 6.07) is 1.52. The van der Waals surface area contributed by atoms with Crippen molar-refractivity contribution in [1.29, 1.82) is 0 Å². The lowest BCUT2D eigenvalue weighted by molar-refractivity contribution is 0.417. The minimum Gasteiger partial charge on any atom is -0.356 e. The molecule has 0 radical (unpaired) electrons. The Balaban J connectivity index is 0.00000264. The number of aromatic nitrogens is 3. The summed E-state index contributed by atoms with van der Waals surface area (Å²) in [5.41, 5.74) is 0.472. The quantitative estimate of drug-likeness (QED) is 0.683. The fourth-order valence-corrected chi connectivity index (χ4v) is 3.10. The zero-order chi connectivity index (χ0) is 16.3. The topological polar surface area (TPSA) is 113 Å². The maximum absolute atomic E-state index is 12.1. The van der Waals surface area contributed by atoms with Gasteiger partial charge in [-0.25, -0.2) is 13.1 Å². The van der Waals surface area contributed by atoms with E-state index >= 15 is 0 Å². The number of aromatic amines is 1. The van der Waals surface area contributed by atoms with Gasteiger partial charge in [0.25, 0.3) is 5.89 Å². The molecule has 130 valence electrons. The van der Waals surface area contributed by atoms with E-state index in [4.69, 9.17) is 4.52 Å². The maximum Gasteiger partial charge on any atom is 0.274 e. The average Bonchev–Trinajstić information content (AvgIpc) is 3.05. The number of H-pyrrole nitrogens is 1.